The largest absolute Gasteiger partial charge is 0.336 e. The van der Waals surface area contributed by atoms with Gasteiger partial charge in [-0.2, -0.15) is 0 Å². The van der Waals surface area contributed by atoms with Gasteiger partial charge in [-0.1, -0.05) is 6.07 Å². The number of piperidine rings is 1. The van der Waals surface area contributed by atoms with Crippen LogP contribution >= 0.6 is 11.8 Å². The summed E-state index contributed by atoms with van der Waals surface area (Å²) in [6.45, 7) is 2.53. The molecule has 1 amide bonds. The van der Waals surface area contributed by atoms with Gasteiger partial charge in [0.25, 0.3) is 0 Å². The minimum absolute atomic E-state index is 0.170. The zero-order valence-electron chi connectivity index (χ0n) is 10.3. The van der Waals surface area contributed by atoms with E-state index in [-0.39, 0.29) is 11.9 Å². The Labute approximate surface area is 107 Å². The molecule has 0 aliphatic carbocycles. The summed E-state index contributed by atoms with van der Waals surface area (Å²) in [6.07, 6.45) is 7.30. The molecule has 1 fully saturated rings. The Morgan fingerprint density at radius 3 is 2.88 bits per heavy atom. The Balaban J connectivity index is 2.20. The number of carbonyl (C=O) groups is 1. The fourth-order valence-corrected chi connectivity index (χ4v) is 2.73. The fraction of sp³-hybridized carbons (Fsp3) is 0.538. The first-order chi connectivity index (χ1) is 8.22. The van der Waals surface area contributed by atoms with Crippen molar-refractivity contribution in [3.63, 3.8) is 0 Å². The number of rotatable bonds is 2. The molecule has 0 bridgehead atoms. The molecular formula is C13H18N2OS. The summed E-state index contributed by atoms with van der Waals surface area (Å²) >= 11 is 1.64. The molecule has 92 valence electrons. The highest BCUT2D eigenvalue weighted by Gasteiger charge is 2.25. The van der Waals surface area contributed by atoms with E-state index in [1.54, 1.807) is 18.7 Å². The average molecular weight is 250 g/mol. The lowest BCUT2D eigenvalue weighted by molar-refractivity contribution is -0.132. The van der Waals surface area contributed by atoms with Crippen LogP contribution in [0.15, 0.2) is 23.4 Å². The third-order valence-electron chi connectivity index (χ3n) is 3.26. The molecule has 4 heteroatoms. The van der Waals surface area contributed by atoms with Gasteiger partial charge in [0.1, 0.15) is 0 Å². The topological polar surface area (TPSA) is 33.2 Å². The lowest BCUT2D eigenvalue weighted by Crippen LogP contribution is -2.36. The van der Waals surface area contributed by atoms with Crippen molar-refractivity contribution in [1.29, 1.82) is 0 Å². The van der Waals surface area contributed by atoms with Crippen LogP contribution in [0.5, 0.6) is 0 Å². The summed E-state index contributed by atoms with van der Waals surface area (Å²) in [7, 11) is 0. The molecule has 0 N–H and O–H groups in total. The van der Waals surface area contributed by atoms with Gasteiger partial charge in [0.2, 0.25) is 5.91 Å². The van der Waals surface area contributed by atoms with Crippen LogP contribution in [0, 0.1) is 0 Å². The van der Waals surface area contributed by atoms with Crippen molar-refractivity contribution in [2.24, 2.45) is 0 Å². The summed E-state index contributed by atoms with van der Waals surface area (Å²) in [5, 5.41) is 1.03. The van der Waals surface area contributed by atoms with Crippen LogP contribution in [-0.4, -0.2) is 28.6 Å². The lowest BCUT2D eigenvalue weighted by atomic mass is 9.96. The maximum Gasteiger partial charge on any atom is 0.219 e. The highest BCUT2D eigenvalue weighted by Crippen LogP contribution is 2.30. The Morgan fingerprint density at radius 1 is 1.47 bits per heavy atom. The molecule has 1 aliphatic rings. The van der Waals surface area contributed by atoms with E-state index in [2.05, 4.69) is 11.1 Å². The molecule has 0 spiro atoms. The number of carbonyl (C=O) groups excluding carboxylic acids is 1. The van der Waals surface area contributed by atoms with E-state index in [1.165, 1.54) is 6.42 Å². The number of pyridine rings is 1. The van der Waals surface area contributed by atoms with Crippen LogP contribution in [0.25, 0.3) is 0 Å². The number of nitrogens with zero attached hydrogens (tertiary/aromatic N) is 2. The standard InChI is InChI=1S/C13H18N2OS/c1-10(16)15-8-4-3-5-12(15)11-6-7-13(17-2)14-9-11/h6-7,9,12H,3-5,8H2,1-2H3/t12-/m0/s1. The van der Waals surface area contributed by atoms with E-state index >= 15 is 0 Å². The highest BCUT2D eigenvalue weighted by atomic mass is 32.2. The number of hydrogen-bond donors (Lipinski definition) is 0. The van der Waals surface area contributed by atoms with Crippen molar-refractivity contribution in [2.45, 2.75) is 37.3 Å². The number of thioether (sulfide) groups is 1. The SMILES string of the molecule is CSc1ccc([C@@H]2CCCCN2C(C)=O)cn1. The van der Waals surface area contributed by atoms with Crippen LogP contribution in [0.2, 0.25) is 0 Å². The van der Waals surface area contributed by atoms with E-state index in [1.807, 2.05) is 23.4 Å². The summed E-state index contributed by atoms with van der Waals surface area (Å²) < 4.78 is 0. The molecule has 2 heterocycles. The van der Waals surface area contributed by atoms with Gasteiger partial charge in [-0.3, -0.25) is 4.79 Å². The van der Waals surface area contributed by atoms with Crippen LogP contribution in [0.3, 0.4) is 0 Å². The average Bonchev–Trinajstić information content (AvgIpc) is 2.39. The van der Waals surface area contributed by atoms with Crippen LogP contribution < -0.4 is 0 Å². The summed E-state index contributed by atoms with van der Waals surface area (Å²) in [6, 6.07) is 4.36. The molecule has 1 aliphatic heterocycles. The molecular weight excluding hydrogens is 232 g/mol. The van der Waals surface area contributed by atoms with Crippen molar-refractivity contribution in [1.82, 2.24) is 9.88 Å². The minimum atomic E-state index is 0.170. The van der Waals surface area contributed by atoms with Crippen molar-refractivity contribution < 1.29 is 4.79 Å². The molecule has 1 atom stereocenters. The van der Waals surface area contributed by atoms with Crippen molar-refractivity contribution >= 4 is 17.7 Å². The third-order valence-corrected chi connectivity index (χ3v) is 3.92. The van der Waals surface area contributed by atoms with Gasteiger partial charge in [0.05, 0.1) is 11.1 Å². The van der Waals surface area contributed by atoms with Gasteiger partial charge in [0, 0.05) is 19.7 Å². The van der Waals surface area contributed by atoms with Gasteiger partial charge >= 0.3 is 0 Å². The fourth-order valence-electron chi connectivity index (χ4n) is 2.36. The molecule has 0 saturated carbocycles. The Bertz CT molecular complexity index is 391. The van der Waals surface area contributed by atoms with Gasteiger partial charge in [-0.25, -0.2) is 4.98 Å². The summed E-state index contributed by atoms with van der Waals surface area (Å²) in [5.74, 6) is 0.170. The van der Waals surface area contributed by atoms with E-state index in [0.29, 0.717) is 0 Å². The first-order valence-corrected chi connectivity index (χ1v) is 7.22. The van der Waals surface area contributed by atoms with E-state index in [9.17, 15) is 4.79 Å². The molecule has 1 aromatic heterocycles. The zero-order valence-corrected chi connectivity index (χ0v) is 11.2. The molecule has 2 rings (SSSR count). The zero-order chi connectivity index (χ0) is 12.3. The number of likely N-dealkylation sites (tertiary alicyclic amines) is 1. The molecule has 0 radical (unpaired) electrons. The van der Waals surface area contributed by atoms with E-state index < -0.39 is 0 Å². The van der Waals surface area contributed by atoms with Crippen molar-refractivity contribution in [2.75, 3.05) is 12.8 Å². The highest BCUT2D eigenvalue weighted by molar-refractivity contribution is 7.98. The molecule has 1 saturated heterocycles. The van der Waals surface area contributed by atoms with Gasteiger partial charge in [-0.05, 0) is 37.1 Å². The summed E-state index contributed by atoms with van der Waals surface area (Å²) in [4.78, 5) is 18.0. The maximum atomic E-state index is 11.6. The van der Waals surface area contributed by atoms with Gasteiger partial charge < -0.3 is 4.90 Å². The van der Waals surface area contributed by atoms with Crippen molar-refractivity contribution in [3.8, 4) is 0 Å². The first kappa shape index (κ1) is 12.4. The lowest BCUT2D eigenvalue weighted by Gasteiger charge is -2.35. The second-order valence-corrected chi connectivity index (χ2v) is 5.18. The van der Waals surface area contributed by atoms with Gasteiger partial charge in [0.15, 0.2) is 0 Å². The number of hydrogen-bond acceptors (Lipinski definition) is 3. The molecule has 0 aromatic carbocycles. The smallest absolute Gasteiger partial charge is 0.219 e. The molecule has 17 heavy (non-hydrogen) atoms. The second-order valence-electron chi connectivity index (χ2n) is 4.36. The number of aromatic nitrogens is 1. The number of amides is 1. The van der Waals surface area contributed by atoms with Crippen LogP contribution in [0.1, 0.15) is 37.8 Å². The van der Waals surface area contributed by atoms with E-state index in [0.717, 1.165) is 30.0 Å². The minimum Gasteiger partial charge on any atom is -0.336 e. The Morgan fingerprint density at radius 2 is 2.29 bits per heavy atom. The Kier molecular flexibility index (Phi) is 4.05. The predicted molar refractivity (Wildman–Crippen MR) is 70.0 cm³/mol. The van der Waals surface area contributed by atoms with Crippen LogP contribution in [0.4, 0.5) is 0 Å². The van der Waals surface area contributed by atoms with Crippen LogP contribution in [-0.2, 0) is 4.79 Å². The third kappa shape index (κ3) is 2.80. The predicted octanol–water partition coefficient (Wildman–Crippen LogP) is 2.88. The molecule has 0 unspecified atom stereocenters. The first-order valence-electron chi connectivity index (χ1n) is 5.99. The quantitative estimate of drug-likeness (QED) is 0.757. The summed E-state index contributed by atoms with van der Waals surface area (Å²) in [5.41, 5.74) is 1.16. The van der Waals surface area contributed by atoms with Gasteiger partial charge in [-0.15, -0.1) is 11.8 Å². The van der Waals surface area contributed by atoms with Crippen molar-refractivity contribution in [3.05, 3.63) is 23.9 Å². The molecule has 3 nitrogen and oxygen atoms in total. The normalized spacial score (nSPS) is 20.4. The molecule has 1 aromatic rings. The monoisotopic (exact) mass is 250 g/mol. The second kappa shape index (κ2) is 5.54. The maximum absolute atomic E-state index is 11.6. The van der Waals surface area contributed by atoms with E-state index in [4.69, 9.17) is 0 Å². The Hall–Kier alpha value is -1.03.